The molecule has 0 bridgehead atoms. The van der Waals surface area contributed by atoms with Crippen molar-refractivity contribution >= 4 is 35.1 Å². The first-order valence-corrected chi connectivity index (χ1v) is 11.9. The second kappa shape index (κ2) is 9.78. The minimum absolute atomic E-state index is 0.122. The Morgan fingerprint density at radius 3 is 2.50 bits per heavy atom. The molecule has 0 spiro atoms. The Bertz CT molecular complexity index is 1210. The van der Waals surface area contributed by atoms with E-state index >= 15 is 0 Å². The largest absolute Gasteiger partial charge is 0.438 e. The molecule has 2 aromatic carbocycles. The van der Waals surface area contributed by atoms with Crippen LogP contribution >= 0.6 is 23.2 Å². The lowest BCUT2D eigenvalue weighted by molar-refractivity contribution is 0.0731. The molecule has 3 aromatic rings. The number of ether oxygens (including phenoxy) is 2. The highest BCUT2D eigenvalue weighted by atomic mass is 35.5. The predicted octanol–water partition coefficient (Wildman–Crippen LogP) is 4.92. The van der Waals surface area contributed by atoms with Crippen LogP contribution in [-0.2, 0) is 17.7 Å². The minimum Gasteiger partial charge on any atom is -0.438 e. The molecule has 3 heterocycles. The maximum absolute atomic E-state index is 13.2. The minimum atomic E-state index is -0.122. The molecule has 34 heavy (non-hydrogen) atoms. The van der Waals surface area contributed by atoms with E-state index < -0.39 is 0 Å². The van der Waals surface area contributed by atoms with E-state index in [0.29, 0.717) is 65.9 Å². The smallest absolute Gasteiger partial charge is 0.254 e. The summed E-state index contributed by atoms with van der Waals surface area (Å²) in [4.78, 5) is 26.7. The van der Waals surface area contributed by atoms with Crippen molar-refractivity contribution in [2.24, 2.45) is 0 Å². The Morgan fingerprint density at radius 2 is 1.76 bits per heavy atom. The standard InChI is InChI=1S/C25H24Cl2N4O3/c1-16-2-5-18(6-3-16)34-23-19-15-31(24(32)17-4-7-20(26)21(27)14-17)9-8-22(19)28-25(29-23)30-10-12-33-13-11-30/h2-7,14H,8-13,15H2,1H3. The first-order valence-electron chi connectivity index (χ1n) is 11.2. The molecule has 9 heteroatoms. The number of carbonyl (C=O) groups is 1. The molecule has 0 saturated carbocycles. The van der Waals surface area contributed by atoms with Crippen LogP contribution in [0.3, 0.4) is 0 Å². The van der Waals surface area contributed by atoms with Crippen molar-refractivity contribution in [2.75, 3.05) is 37.7 Å². The topological polar surface area (TPSA) is 67.8 Å². The zero-order valence-corrected chi connectivity index (χ0v) is 20.3. The van der Waals surface area contributed by atoms with Gasteiger partial charge in [0.15, 0.2) is 0 Å². The molecular weight excluding hydrogens is 475 g/mol. The zero-order valence-electron chi connectivity index (χ0n) is 18.8. The Balaban J connectivity index is 1.47. The van der Waals surface area contributed by atoms with E-state index in [1.807, 2.05) is 31.2 Å². The van der Waals surface area contributed by atoms with E-state index in [1.54, 1.807) is 23.1 Å². The number of nitrogens with zero attached hydrogens (tertiary/aromatic N) is 4. The van der Waals surface area contributed by atoms with E-state index in [9.17, 15) is 4.79 Å². The molecule has 2 aliphatic heterocycles. The van der Waals surface area contributed by atoms with Crippen molar-refractivity contribution in [3.05, 3.63) is 74.9 Å². The van der Waals surface area contributed by atoms with Crippen molar-refractivity contribution in [3.8, 4) is 11.6 Å². The highest BCUT2D eigenvalue weighted by molar-refractivity contribution is 6.42. The number of benzene rings is 2. The predicted molar refractivity (Wildman–Crippen MR) is 131 cm³/mol. The molecule has 176 valence electrons. The number of fused-ring (bicyclic) bond motifs is 1. The van der Waals surface area contributed by atoms with Gasteiger partial charge < -0.3 is 19.3 Å². The molecule has 1 aromatic heterocycles. The van der Waals surface area contributed by atoms with Crippen LogP contribution in [0.5, 0.6) is 11.6 Å². The van der Waals surface area contributed by atoms with Crippen molar-refractivity contribution in [2.45, 2.75) is 19.9 Å². The van der Waals surface area contributed by atoms with Gasteiger partial charge in [-0.15, -0.1) is 0 Å². The summed E-state index contributed by atoms with van der Waals surface area (Å²) in [7, 11) is 0. The van der Waals surface area contributed by atoms with E-state index in [4.69, 9.17) is 42.6 Å². The highest BCUT2D eigenvalue weighted by Crippen LogP contribution is 2.33. The Labute approximate surface area is 208 Å². The molecule has 5 rings (SSSR count). The van der Waals surface area contributed by atoms with Crippen LogP contribution in [0.25, 0.3) is 0 Å². The van der Waals surface area contributed by atoms with E-state index in [-0.39, 0.29) is 5.91 Å². The van der Waals surface area contributed by atoms with Crippen LogP contribution in [-0.4, -0.2) is 53.6 Å². The lowest BCUT2D eigenvalue weighted by Crippen LogP contribution is -2.39. The molecule has 0 radical (unpaired) electrons. The number of hydrogen-bond donors (Lipinski definition) is 0. The number of morpholine rings is 1. The van der Waals surface area contributed by atoms with E-state index in [0.717, 1.165) is 29.9 Å². The summed E-state index contributed by atoms with van der Waals surface area (Å²) in [6.45, 7) is 5.64. The molecule has 7 nitrogen and oxygen atoms in total. The molecule has 1 saturated heterocycles. The first-order chi connectivity index (χ1) is 16.5. The highest BCUT2D eigenvalue weighted by Gasteiger charge is 2.29. The van der Waals surface area contributed by atoms with Crippen LogP contribution < -0.4 is 9.64 Å². The van der Waals surface area contributed by atoms with Crippen LogP contribution in [0.1, 0.15) is 27.2 Å². The molecule has 1 fully saturated rings. The van der Waals surface area contributed by atoms with Gasteiger partial charge in [0.2, 0.25) is 11.8 Å². The monoisotopic (exact) mass is 498 g/mol. The summed E-state index contributed by atoms with van der Waals surface area (Å²) in [6.07, 6.45) is 0.604. The second-order valence-electron chi connectivity index (χ2n) is 8.37. The fraction of sp³-hybridized carbons (Fsp3) is 0.320. The Hall–Kier alpha value is -2.87. The number of rotatable bonds is 4. The average Bonchev–Trinajstić information content (AvgIpc) is 2.87. The third kappa shape index (κ3) is 4.82. The lowest BCUT2D eigenvalue weighted by atomic mass is 10.1. The summed E-state index contributed by atoms with van der Waals surface area (Å²) in [5, 5.41) is 0.770. The fourth-order valence-electron chi connectivity index (χ4n) is 4.06. The summed E-state index contributed by atoms with van der Waals surface area (Å²) < 4.78 is 11.7. The van der Waals surface area contributed by atoms with Gasteiger partial charge in [-0.3, -0.25) is 4.79 Å². The fourth-order valence-corrected chi connectivity index (χ4v) is 4.36. The summed E-state index contributed by atoms with van der Waals surface area (Å²) in [5.41, 5.74) is 3.35. The summed E-state index contributed by atoms with van der Waals surface area (Å²) in [5.74, 6) is 1.67. The van der Waals surface area contributed by atoms with Gasteiger partial charge in [0, 0.05) is 31.6 Å². The number of carbonyl (C=O) groups excluding carboxylic acids is 1. The molecular formula is C25H24Cl2N4O3. The molecule has 1 amide bonds. The molecule has 0 aliphatic carbocycles. The van der Waals surface area contributed by atoms with Crippen molar-refractivity contribution in [1.82, 2.24) is 14.9 Å². The number of aromatic nitrogens is 2. The number of halogens is 2. The Kier molecular flexibility index (Phi) is 6.59. The van der Waals surface area contributed by atoms with E-state index in [1.165, 1.54) is 0 Å². The van der Waals surface area contributed by atoms with Crippen LogP contribution in [0.2, 0.25) is 10.0 Å². The molecule has 0 N–H and O–H groups in total. The van der Waals surface area contributed by atoms with Gasteiger partial charge in [0.05, 0.1) is 41.1 Å². The third-order valence-corrected chi connectivity index (χ3v) is 6.73. The number of aryl methyl sites for hydroxylation is 1. The van der Waals surface area contributed by atoms with Crippen molar-refractivity contribution in [1.29, 1.82) is 0 Å². The SMILES string of the molecule is Cc1ccc(Oc2nc(N3CCOCC3)nc3c2CN(C(=O)c2ccc(Cl)c(Cl)c2)CC3)cc1. The normalized spacial score (nSPS) is 15.7. The van der Waals surface area contributed by atoms with Gasteiger partial charge in [0.25, 0.3) is 5.91 Å². The van der Waals surface area contributed by atoms with Crippen molar-refractivity contribution in [3.63, 3.8) is 0 Å². The third-order valence-electron chi connectivity index (χ3n) is 5.99. The maximum atomic E-state index is 13.2. The zero-order chi connectivity index (χ0) is 23.7. The Morgan fingerprint density at radius 1 is 1.00 bits per heavy atom. The van der Waals surface area contributed by atoms with E-state index in [2.05, 4.69) is 4.90 Å². The van der Waals surface area contributed by atoms with Crippen LogP contribution in [0.15, 0.2) is 42.5 Å². The van der Waals surface area contributed by atoms with Gasteiger partial charge in [0.1, 0.15) is 5.75 Å². The number of anilines is 1. The summed E-state index contributed by atoms with van der Waals surface area (Å²) >= 11 is 12.2. The van der Waals surface area contributed by atoms with Crippen molar-refractivity contribution < 1.29 is 14.3 Å². The van der Waals surface area contributed by atoms with Gasteiger partial charge in [-0.1, -0.05) is 40.9 Å². The average molecular weight is 499 g/mol. The van der Waals surface area contributed by atoms with Gasteiger partial charge in [-0.25, -0.2) is 4.98 Å². The second-order valence-corrected chi connectivity index (χ2v) is 9.19. The van der Waals surface area contributed by atoms with Crippen LogP contribution in [0.4, 0.5) is 5.95 Å². The van der Waals surface area contributed by atoms with Gasteiger partial charge in [-0.05, 0) is 37.3 Å². The number of hydrogen-bond acceptors (Lipinski definition) is 6. The molecule has 0 unspecified atom stereocenters. The summed E-state index contributed by atoms with van der Waals surface area (Å²) in [6, 6.07) is 12.7. The maximum Gasteiger partial charge on any atom is 0.254 e. The quantitative estimate of drug-likeness (QED) is 0.508. The van der Waals surface area contributed by atoms with Gasteiger partial charge >= 0.3 is 0 Å². The lowest BCUT2D eigenvalue weighted by Gasteiger charge is -2.32. The molecule has 2 aliphatic rings. The first kappa shape index (κ1) is 22.9. The van der Waals surface area contributed by atoms with Gasteiger partial charge in [-0.2, -0.15) is 4.98 Å². The number of amides is 1. The molecule has 0 atom stereocenters. The van der Waals surface area contributed by atoms with Crippen LogP contribution in [0, 0.1) is 6.92 Å².